The van der Waals surface area contributed by atoms with Crippen LogP contribution in [0, 0.1) is 7.11 Å². The van der Waals surface area contributed by atoms with E-state index in [4.69, 9.17) is 11.6 Å². The van der Waals surface area contributed by atoms with Gasteiger partial charge in [-0.2, -0.15) is 0 Å². The Morgan fingerprint density at radius 3 is 2.57 bits per heavy atom. The Kier molecular flexibility index (Phi) is 4.15. The molecule has 0 aliphatic carbocycles. The normalized spacial score (nSPS) is 13.4. The van der Waals surface area contributed by atoms with Gasteiger partial charge in [0.1, 0.15) is 0 Å². The fourth-order valence-corrected chi connectivity index (χ4v) is 0.270. The summed E-state index contributed by atoms with van der Waals surface area (Å²) in [5.74, 6) is 0. The average molecular weight is 120 g/mol. The zero-order valence-corrected chi connectivity index (χ0v) is 4.82. The highest BCUT2D eigenvalue weighted by Crippen LogP contribution is 1.94. The molecule has 0 aromatic heterocycles. The summed E-state index contributed by atoms with van der Waals surface area (Å²) in [6, 6.07) is 0. The smallest absolute Gasteiger partial charge is 0.0747 e. The Morgan fingerprint density at radius 2 is 2.43 bits per heavy atom. The van der Waals surface area contributed by atoms with E-state index in [-0.39, 0.29) is 5.38 Å². The summed E-state index contributed by atoms with van der Waals surface area (Å²) in [6.45, 7) is 3.88. The SMILES string of the molecule is [CH2]OCC(Cl)C=C. The van der Waals surface area contributed by atoms with Crippen LogP contribution >= 0.6 is 11.6 Å². The molecule has 0 aromatic carbocycles. The van der Waals surface area contributed by atoms with Crippen LogP contribution in [-0.4, -0.2) is 12.0 Å². The molecule has 0 aromatic rings. The Labute approximate surface area is 48.9 Å². The third kappa shape index (κ3) is 3.83. The highest BCUT2D eigenvalue weighted by atomic mass is 35.5. The van der Waals surface area contributed by atoms with E-state index in [1.807, 2.05) is 0 Å². The third-order valence-corrected chi connectivity index (χ3v) is 0.837. The van der Waals surface area contributed by atoms with E-state index < -0.39 is 0 Å². The molecule has 7 heavy (non-hydrogen) atoms. The highest BCUT2D eigenvalue weighted by molar-refractivity contribution is 6.21. The third-order valence-electron chi connectivity index (χ3n) is 0.533. The van der Waals surface area contributed by atoms with Crippen molar-refractivity contribution in [2.45, 2.75) is 5.38 Å². The second kappa shape index (κ2) is 4.16. The largest absolute Gasteiger partial charge is 0.377 e. The van der Waals surface area contributed by atoms with Crippen molar-refractivity contribution in [1.82, 2.24) is 0 Å². The average Bonchev–Trinajstić information content (AvgIpc) is 1.68. The molecule has 2 heteroatoms. The Bertz CT molecular complexity index is 54.0. The van der Waals surface area contributed by atoms with Crippen LogP contribution in [0.4, 0.5) is 0 Å². The van der Waals surface area contributed by atoms with Crippen molar-refractivity contribution in [2.75, 3.05) is 6.61 Å². The summed E-state index contributed by atoms with van der Waals surface area (Å²) in [6.07, 6.45) is 1.60. The molecule has 0 fully saturated rings. The molecule has 0 bridgehead atoms. The number of alkyl halides is 1. The highest BCUT2D eigenvalue weighted by Gasteiger charge is 1.92. The van der Waals surface area contributed by atoms with E-state index in [0.717, 1.165) is 0 Å². The summed E-state index contributed by atoms with van der Waals surface area (Å²) >= 11 is 5.48. The lowest BCUT2D eigenvalue weighted by atomic mass is 10.4. The molecular weight excluding hydrogens is 112 g/mol. The van der Waals surface area contributed by atoms with Crippen LogP contribution in [-0.2, 0) is 4.74 Å². The van der Waals surface area contributed by atoms with Crippen LogP contribution < -0.4 is 0 Å². The summed E-state index contributed by atoms with van der Waals surface area (Å²) in [5.41, 5.74) is 0. The minimum atomic E-state index is -0.0995. The molecule has 41 valence electrons. The second-order valence-electron chi connectivity index (χ2n) is 1.12. The minimum absolute atomic E-state index is 0.0995. The van der Waals surface area contributed by atoms with Crippen molar-refractivity contribution < 1.29 is 4.74 Å². The number of hydrogen-bond donors (Lipinski definition) is 0. The van der Waals surface area contributed by atoms with Crippen molar-refractivity contribution in [3.05, 3.63) is 19.8 Å². The summed E-state index contributed by atoms with van der Waals surface area (Å²) < 4.78 is 4.44. The van der Waals surface area contributed by atoms with Crippen molar-refractivity contribution in [2.24, 2.45) is 0 Å². The fraction of sp³-hybridized carbons (Fsp3) is 0.400. The molecule has 0 rings (SSSR count). The van der Waals surface area contributed by atoms with Gasteiger partial charge in [0.05, 0.1) is 19.1 Å². The molecule has 1 unspecified atom stereocenters. The molecule has 0 amide bonds. The van der Waals surface area contributed by atoms with E-state index in [1.54, 1.807) is 6.08 Å². The fourth-order valence-electron chi connectivity index (χ4n) is 0.181. The predicted molar refractivity (Wildman–Crippen MR) is 31.1 cm³/mol. The lowest BCUT2D eigenvalue weighted by Gasteiger charge is -1.97. The molecule has 0 saturated heterocycles. The maximum Gasteiger partial charge on any atom is 0.0747 e. The van der Waals surface area contributed by atoms with Gasteiger partial charge in [0, 0.05) is 0 Å². The predicted octanol–water partition coefficient (Wildman–Crippen LogP) is 1.59. The lowest BCUT2D eigenvalue weighted by Crippen LogP contribution is -2.00. The van der Waals surface area contributed by atoms with Crippen molar-refractivity contribution in [3.8, 4) is 0 Å². The molecule has 0 N–H and O–H groups in total. The van der Waals surface area contributed by atoms with Crippen molar-refractivity contribution in [1.29, 1.82) is 0 Å². The number of rotatable bonds is 3. The van der Waals surface area contributed by atoms with Crippen LogP contribution in [0.2, 0.25) is 0 Å². The standard InChI is InChI=1S/C5H8ClO/c1-3-5(6)4-7-2/h3,5H,1-2,4H2. The van der Waals surface area contributed by atoms with Crippen LogP contribution in [0.5, 0.6) is 0 Å². The maximum atomic E-state index is 5.48. The molecule has 0 aliphatic rings. The molecule has 1 atom stereocenters. The van der Waals surface area contributed by atoms with Gasteiger partial charge in [-0.05, 0) is 0 Å². The van der Waals surface area contributed by atoms with Crippen LogP contribution in [0.1, 0.15) is 0 Å². The van der Waals surface area contributed by atoms with Gasteiger partial charge >= 0.3 is 0 Å². The first-order valence-corrected chi connectivity index (χ1v) is 2.38. The maximum absolute atomic E-state index is 5.48. The molecule has 1 radical (unpaired) electrons. The summed E-state index contributed by atoms with van der Waals surface area (Å²) in [7, 11) is 3.14. The van der Waals surface area contributed by atoms with Gasteiger partial charge in [0.15, 0.2) is 0 Å². The lowest BCUT2D eigenvalue weighted by molar-refractivity contribution is 0.251. The molecule has 0 saturated carbocycles. The van der Waals surface area contributed by atoms with E-state index in [2.05, 4.69) is 18.4 Å². The number of hydrogen-bond acceptors (Lipinski definition) is 1. The topological polar surface area (TPSA) is 9.23 Å². The van der Waals surface area contributed by atoms with Gasteiger partial charge < -0.3 is 4.74 Å². The first-order chi connectivity index (χ1) is 3.31. The number of halogens is 1. The Hall–Kier alpha value is -0.0100. The Morgan fingerprint density at radius 1 is 1.86 bits per heavy atom. The van der Waals surface area contributed by atoms with E-state index in [9.17, 15) is 0 Å². The molecular formula is C5H8ClO. The van der Waals surface area contributed by atoms with Gasteiger partial charge in [-0.15, -0.1) is 18.2 Å². The van der Waals surface area contributed by atoms with Gasteiger partial charge in [-0.25, -0.2) is 0 Å². The van der Waals surface area contributed by atoms with Crippen molar-refractivity contribution >= 4 is 11.6 Å². The van der Waals surface area contributed by atoms with Crippen LogP contribution in [0.15, 0.2) is 12.7 Å². The first kappa shape index (κ1) is 6.99. The van der Waals surface area contributed by atoms with E-state index >= 15 is 0 Å². The first-order valence-electron chi connectivity index (χ1n) is 1.95. The Balaban J connectivity index is 2.98. The van der Waals surface area contributed by atoms with Crippen LogP contribution in [0.25, 0.3) is 0 Å². The van der Waals surface area contributed by atoms with Gasteiger partial charge in [0.2, 0.25) is 0 Å². The second-order valence-corrected chi connectivity index (χ2v) is 1.68. The number of ether oxygens (including phenoxy) is 1. The quantitative estimate of drug-likeness (QED) is 0.405. The molecule has 0 aliphatic heterocycles. The summed E-state index contributed by atoms with van der Waals surface area (Å²) in [5, 5.41) is -0.0995. The molecule has 1 nitrogen and oxygen atoms in total. The zero-order valence-electron chi connectivity index (χ0n) is 4.06. The van der Waals surface area contributed by atoms with Gasteiger partial charge in [-0.3, -0.25) is 0 Å². The molecule has 0 heterocycles. The monoisotopic (exact) mass is 119 g/mol. The van der Waals surface area contributed by atoms with Gasteiger partial charge in [-0.1, -0.05) is 6.08 Å². The zero-order chi connectivity index (χ0) is 5.70. The minimum Gasteiger partial charge on any atom is -0.377 e. The summed E-state index contributed by atoms with van der Waals surface area (Å²) in [4.78, 5) is 0. The van der Waals surface area contributed by atoms with E-state index in [1.165, 1.54) is 0 Å². The van der Waals surface area contributed by atoms with Crippen LogP contribution in [0.3, 0.4) is 0 Å². The van der Waals surface area contributed by atoms with Gasteiger partial charge in [0.25, 0.3) is 0 Å². The molecule has 0 spiro atoms. The van der Waals surface area contributed by atoms with E-state index in [0.29, 0.717) is 6.61 Å². The van der Waals surface area contributed by atoms with Crippen molar-refractivity contribution in [3.63, 3.8) is 0 Å².